The van der Waals surface area contributed by atoms with E-state index in [1.54, 1.807) is 0 Å². The van der Waals surface area contributed by atoms with Crippen LogP contribution in [0.25, 0.3) is 91.9 Å². The van der Waals surface area contributed by atoms with Crippen molar-refractivity contribution in [3.63, 3.8) is 0 Å². The van der Waals surface area contributed by atoms with Gasteiger partial charge in [0.1, 0.15) is 11.2 Å². The minimum absolute atomic E-state index is 0.916. The Bertz CT molecular complexity index is 2710. The van der Waals surface area contributed by atoms with Gasteiger partial charge in [0.05, 0.1) is 21.4 Å². The number of benzene rings is 7. The molecule has 0 saturated carbocycles. The molecule has 45 heavy (non-hydrogen) atoms. The summed E-state index contributed by atoms with van der Waals surface area (Å²) in [5.74, 6) is 0. The molecule has 0 unspecified atom stereocenters. The zero-order chi connectivity index (χ0) is 29.5. The summed E-state index contributed by atoms with van der Waals surface area (Å²) in [5.41, 5.74) is 10.4. The van der Waals surface area contributed by atoms with Crippen molar-refractivity contribution in [3.8, 4) is 27.9 Å². The van der Waals surface area contributed by atoms with Gasteiger partial charge < -0.3 is 8.98 Å². The maximum Gasteiger partial charge on any atom is 0.136 e. The van der Waals surface area contributed by atoms with Gasteiger partial charge in [-0.05, 0) is 59.2 Å². The Hall–Kier alpha value is -5.64. The van der Waals surface area contributed by atoms with Crippen LogP contribution in [0.1, 0.15) is 0 Å². The predicted octanol–water partition coefficient (Wildman–Crippen LogP) is 12.4. The number of hydrogen-bond acceptors (Lipinski definition) is 2. The summed E-state index contributed by atoms with van der Waals surface area (Å²) in [6.07, 6.45) is 0. The molecule has 0 atom stereocenters. The summed E-state index contributed by atoms with van der Waals surface area (Å²) >= 11 is 1.90. The highest BCUT2D eigenvalue weighted by Crippen LogP contribution is 2.47. The first-order valence-corrected chi connectivity index (χ1v) is 16.1. The Balaban J connectivity index is 1.32. The van der Waals surface area contributed by atoms with Gasteiger partial charge in [-0.3, -0.25) is 0 Å². The lowest BCUT2D eigenvalue weighted by Crippen LogP contribution is -1.93. The van der Waals surface area contributed by atoms with Crippen molar-refractivity contribution in [2.24, 2.45) is 0 Å². The largest absolute Gasteiger partial charge is 0.456 e. The van der Waals surface area contributed by atoms with Crippen LogP contribution in [0.3, 0.4) is 0 Å². The van der Waals surface area contributed by atoms with E-state index in [1.807, 2.05) is 17.4 Å². The molecule has 3 heterocycles. The molecule has 0 fully saturated rings. The first-order chi connectivity index (χ1) is 22.3. The van der Waals surface area contributed by atoms with Crippen LogP contribution < -0.4 is 0 Å². The van der Waals surface area contributed by atoms with Crippen molar-refractivity contribution in [1.29, 1.82) is 0 Å². The second-order valence-electron chi connectivity index (χ2n) is 11.7. The van der Waals surface area contributed by atoms with E-state index >= 15 is 0 Å². The standard InChI is InChI=1S/C42H25NOS/c1-2-12-26(13-3-1)33-24-27(28-17-11-23-39-40(28)32-16-6-9-22-38(32)44-39)25-34-31-18-10-21-37(42(31)45-41(33)34)43-35-19-7-4-14-29(35)30-15-5-8-20-36(30)43/h1-25H. The van der Waals surface area contributed by atoms with Crippen LogP contribution in [-0.2, 0) is 0 Å². The lowest BCUT2D eigenvalue weighted by molar-refractivity contribution is 0.669. The Labute approximate surface area is 263 Å². The van der Waals surface area contributed by atoms with Crippen molar-refractivity contribution in [2.45, 2.75) is 0 Å². The molecule has 0 radical (unpaired) electrons. The summed E-state index contributed by atoms with van der Waals surface area (Å²) in [5, 5.41) is 7.42. The molecule has 0 N–H and O–H groups in total. The van der Waals surface area contributed by atoms with Crippen molar-refractivity contribution in [3.05, 3.63) is 152 Å². The molecule has 0 aliphatic rings. The van der Waals surface area contributed by atoms with Crippen molar-refractivity contribution >= 4 is 75.3 Å². The van der Waals surface area contributed by atoms with Gasteiger partial charge >= 0.3 is 0 Å². The smallest absolute Gasteiger partial charge is 0.136 e. The normalized spacial score (nSPS) is 12.0. The first-order valence-electron chi connectivity index (χ1n) is 15.3. The van der Waals surface area contributed by atoms with Crippen LogP contribution in [0.4, 0.5) is 0 Å². The molecule has 0 spiro atoms. The highest BCUT2D eigenvalue weighted by Gasteiger charge is 2.20. The van der Waals surface area contributed by atoms with E-state index in [0.717, 1.165) is 21.9 Å². The summed E-state index contributed by atoms with van der Waals surface area (Å²) in [7, 11) is 0. The molecule has 0 amide bonds. The Morgan fingerprint density at radius 1 is 0.422 bits per heavy atom. The molecular formula is C42H25NOS. The molecule has 210 valence electrons. The number of hydrogen-bond donors (Lipinski definition) is 0. The average Bonchev–Trinajstić information content (AvgIpc) is 3.78. The Morgan fingerprint density at radius 3 is 1.87 bits per heavy atom. The third kappa shape index (κ3) is 3.56. The molecule has 7 aromatic carbocycles. The summed E-state index contributed by atoms with van der Waals surface area (Å²) in [6.45, 7) is 0. The number of rotatable bonds is 3. The summed E-state index contributed by atoms with van der Waals surface area (Å²) in [6, 6.07) is 54.6. The molecule has 0 bridgehead atoms. The monoisotopic (exact) mass is 591 g/mol. The molecule has 10 rings (SSSR count). The van der Waals surface area contributed by atoms with Gasteiger partial charge in [0.15, 0.2) is 0 Å². The quantitative estimate of drug-likeness (QED) is 0.200. The van der Waals surface area contributed by atoms with Crippen molar-refractivity contribution in [2.75, 3.05) is 0 Å². The number of para-hydroxylation sites is 3. The highest BCUT2D eigenvalue weighted by atomic mass is 32.1. The van der Waals surface area contributed by atoms with Gasteiger partial charge in [0.25, 0.3) is 0 Å². The van der Waals surface area contributed by atoms with Crippen LogP contribution in [0, 0.1) is 0 Å². The lowest BCUT2D eigenvalue weighted by atomic mass is 9.93. The Morgan fingerprint density at radius 2 is 1.07 bits per heavy atom. The molecular weight excluding hydrogens is 567 g/mol. The predicted molar refractivity (Wildman–Crippen MR) is 192 cm³/mol. The zero-order valence-corrected chi connectivity index (χ0v) is 25.0. The van der Waals surface area contributed by atoms with E-state index in [1.165, 1.54) is 69.9 Å². The van der Waals surface area contributed by atoms with E-state index in [0.29, 0.717) is 0 Å². The molecule has 0 aliphatic carbocycles. The molecule has 0 aliphatic heterocycles. The maximum absolute atomic E-state index is 6.30. The fourth-order valence-corrected chi connectivity index (χ4v) is 8.57. The highest BCUT2D eigenvalue weighted by molar-refractivity contribution is 7.26. The van der Waals surface area contributed by atoms with E-state index in [2.05, 4.69) is 150 Å². The van der Waals surface area contributed by atoms with Crippen LogP contribution in [0.2, 0.25) is 0 Å². The van der Waals surface area contributed by atoms with E-state index in [-0.39, 0.29) is 0 Å². The topological polar surface area (TPSA) is 18.1 Å². The van der Waals surface area contributed by atoms with Gasteiger partial charge in [0.2, 0.25) is 0 Å². The van der Waals surface area contributed by atoms with E-state index in [4.69, 9.17) is 4.42 Å². The fraction of sp³-hybridized carbons (Fsp3) is 0. The van der Waals surface area contributed by atoms with Gasteiger partial charge in [-0.2, -0.15) is 0 Å². The molecule has 0 saturated heterocycles. The van der Waals surface area contributed by atoms with Crippen LogP contribution in [-0.4, -0.2) is 4.57 Å². The summed E-state index contributed by atoms with van der Waals surface area (Å²) < 4.78 is 11.3. The van der Waals surface area contributed by atoms with Gasteiger partial charge in [-0.15, -0.1) is 11.3 Å². The van der Waals surface area contributed by atoms with E-state index in [9.17, 15) is 0 Å². The average molecular weight is 592 g/mol. The number of furan rings is 1. The minimum Gasteiger partial charge on any atom is -0.456 e. The minimum atomic E-state index is 0.916. The van der Waals surface area contributed by atoms with Crippen LogP contribution >= 0.6 is 11.3 Å². The van der Waals surface area contributed by atoms with Gasteiger partial charge in [0, 0.05) is 42.6 Å². The zero-order valence-electron chi connectivity index (χ0n) is 24.2. The Kier molecular flexibility index (Phi) is 5.19. The fourth-order valence-electron chi connectivity index (χ4n) is 7.25. The third-order valence-corrected chi connectivity index (χ3v) is 10.5. The van der Waals surface area contributed by atoms with Gasteiger partial charge in [-0.25, -0.2) is 0 Å². The molecule has 2 nitrogen and oxygen atoms in total. The second-order valence-corrected chi connectivity index (χ2v) is 12.7. The first kappa shape index (κ1) is 24.8. The van der Waals surface area contributed by atoms with Crippen molar-refractivity contribution in [1.82, 2.24) is 4.57 Å². The van der Waals surface area contributed by atoms with Crippen LogP contribution in [0.15, 0.2) is 156 Å². The number of nitrogens with zero attached hydrogens (tertiary/aromatic N) is 1. The molecule has 3 aromatic heterocycles. The lowest BCUT2D eigenvalue weighted by Gasteiger charge is -2.10. The number of aromatic nitrogens is 1. The number of thiophene rings is 1. The second kappa shape index (κ2) is 9.43. The third-order valence-electron chi connectivity index (χ3n) is 9.20. The van der Waals surface area contributed by atoms with Crippen LogP contribution in [0.5, 0.6) is 0 Å². The maximum atomic E-state index is 6.30. The van der Waals surface area contributed by atoms with Gasteiger partial charge in [-0.1, -0.05) is 109 Å². The SMILES string of the molecule is c1ccc(-c2cc(-c3cccc4oc5ccccc5c34)cc3c2sc2c(-n4c5ccccc5c5ccccc54)cccc23)cc1. The molecule has 3 heteroatoms. The van der Waals surface area contributed by atoms with Crippen molar-refractivity contribution < 1.29 is 4.42 Å². The van der Waals surface area contributed by atoms with E-state index < -0.39 is 0 Å². The number of fused-ring (bicyclic) bond motifs is 9. The summed E-state index contributed by atoms with van der Waals surface area (Å²) in [4.78, 5) is 0. The molecule has 10 aromatic rings.